The minimum Gasteiger partial charge on any atom is -0.481 e. The summed E-state index contributed by atoms with van der Waals surface area (Å²) in [5.74, 6) is -2.03. The molecule has 28 heavy (non-hydrogen) atoms. The second kappa shape index (κ2) is 13.1. The van der Waals surface area contributed by atoms with Crippen LogP contribution in [0.5, 0.6) is 0 Å². The number of hydrogen-bond donors (Lipinski definition) is 2. The summed E-state index contributed by atoms with van der Waals surface area (Å²) in [5.41, 5.74) is 0.957. The van der Waals surface area contributed by atoms with Crippen LogP contribution in [0, 0.1) is 11.3 Å². The SMILES string of the molecule is C=C(CC(CC(=O)O)C(=O)NC[Si](OCC)(OCC)OCC)CC(C)(C)CC. The van der Waals surface area contributed by atoms with E-state index in [0.29, 0.717) is 26.2 Å². The standard InChI is InChI=1S/C20H39NO6Si/c1-8-20(6,7)14-16(5)12-17(13-18(22)23)19(24)21-15-28(25-9-2,26-10-3)27-11-4/h17H,5,8-15H2,1-4,6-7H3,(H,21,24)(H,22,23). The second-order valence-corrected chi connectivity index (χ2v) is 10.2. The van der Waals surface area contributed by atoms with Crippen LogP contribution in [0.3, 0.4) is 0 Å². The third-order valence-electron chi connectivity index (χ3n) is 4.58. The predicted molar refractivity (Wildman–Crippen MR) is 112 cm³/mol. The van der Waals surface area contributed by atoms with Crippen molar-refractivity contribution in [1.29, 1.82) is 0 Å². The summed E-state index contributed by atoms with van der Waals surface area (Å²) in [6.07, 6.45) is 1.94. The van der Waals surface area contributed by atoms with Crippen LogP contribution in [0.25, 0.3) is 0 Å². The van der Waals surface area contributed by atoms with Crippen molar-refractivity contribution < 1.29 is 28.0 Å². The lowest BCUT2D eigenvalue weighted by atomic mass is 9.81. The summed E-state index contributed by atoms with van der Waals surface area (Å²) in [6, 6.07) is 0. The third kappa shape index (κ3) is 10.4. The van der Waals surface area contributed by atoms with Crippen LogP contribution in [0.1, 0.15) is 67.2 Å². The van der Waals surface area contributed by atoms with Crippen molar-refractivity contribution in [2.24, 2.45) is 11.3 Å². The molecule has 164 valence electrons. The predicted octanol–water partition coefficient (Wildman–Crippen LogP) is 3.55. The zero-order valence-electron chi connectivity index (χ0n) is 18.4. The topological polar surface area (TPSA) is 94.1 Å². The molecule has 0 aromatic carbocycles. The molecule has 0 saturated carbocycles. The van der Waals surface area contributed by atoms with Crippen LogP contribution in [-0.4, -0.2) is 51.8 Å². The van der Waals surface area contributed by atoms with Gasteiger partial charge in [-0.25, -0.2) is 0 Å². The minimum absolute atomic E-state index is 0.0717. The van der Waals surface area contributed by atoms with Crippen LogP contribution in [-0.2, 0) is 22.9 Å². The molecule has 1 atom stereocenters. The lowest BCUT2D eigenvalue weighted by molar-refractivity contribution is -0.141. The molecule has 8 heteroatoms. The zero-order chi connectivity index (χ0) is 21.8. The molecule has 1 amide bonds. The van der Waals surface area contributed by atoms with E-state index in [1.54, 1.807) is 0 Å². The molecule has 0 rings (SSSR count). The lowest BCUT2D eigenvalue weighted by Crippen LogP contribution is -2.56. The van der Waals surface area contributed by atoms with Gasteiger partial charge in [-0.2, -0.15) is 0 Å². The van der Waals surface area contributed by atoms with Crippen LogP contribution >= 0.6 is 0 Å². The maximum Gasteiger partial charge on any atom is 0.521 e. The highest BCUT2D eigenvalue weighted by Gasteiger charge is 2.41. The van der Waals surface area contributed by atoms with E-state index in [-0.39, 0.29) is 23.9 Å². The highest BCUT2D eigenvalue weighted by Crippen LogP contribution is 2.31. The minimum atomic E-state index is -3.03. The molecule has 0 fully saturated rings. The molecule has 0 spiro atoms. The summed E-state index contributed by atoms with van der Waals surface area (Å²) in [6.45, 7) is 17.2. The maximum absolute atomic E-state index is 12.7. The van der Waals surface area contributed by atoms with E-state index < -0.39 is 20.7 Å². The average Bonchev–Trinajstić information content (AvgIpc) is 2.59. The average molecular weight is 418 g/mol. The van der Waals surface area contributed by atoms with Crippen LogP contribution in [0.4, 0.5) is 0 Å². The van der Waals surface area contributed by atoms with Crippen molar-refractivity contribution in [2.45, 2.75) is 67.2 Å². The fourth-order valence-electron chi connectivity index (χ4n) is 2.97. The molecule has 0 aromatic rings. The highest BCUT2D eigenvalue weighted by molar-refractivity contribution is 6.61. The summed E-state index contributed by atoms with van der Waals surface area (Å²) in [7, 11) is -3.03. The molecule has 0 aliphatic rings. The molecule has 7 nitrogen and oxygen atoms in total. The molecule has 0 radical (unpaired) electrons. The number of nitrogens with one attached hydrogen (secondary N) is 1. The summed E-state index contributed by atoms with van der Waals surface area (Å²) < 4.78 is 17.2. The maximum atomic E-state index is 12.7. The number of amides is 1. The van der Waals surface area contributed by atoms with E-state index >= 15 is 0 Å². The summed E-state index contributed by atoms with van der Waals surface area (Å²) in [5, 5.41) is 12.0. The second-order valence-electron chi connectivity index (χ2n) is 7.64. The van der Waals surface area contributed by atoms with Crippen LogP contribution in [0.2, 0.25) is 0 Å². The Morgan fingerprint density at radius 2 is 1.54 bits per heavy atom. The molecule has 0 aliphatic carbocycles. The lowest BCUT2D eigenvalue weighted by Gasteiger charge is -2.29. The first kappa shape index (κ1) is 26.8. The highest BCUT2D eigenvalue weighted by atomic mass is 28.4. The number of carbonyl (C=O) groups is 2. The Labute approximate surface area is 171 Å². The first-order chi connectivity index (χ1) is 13.0. The van der Waals surface area contributed by atoms with Gasteiger partial charge in [0.25, 0.3) is 0 Å². The molecule has 1 unspecified atom stereocenters. The van der Waals surface area contributed by atoms with Gasteiger partial charge in [-0.1, -0.05) is 39.3 Å². The molecule has 0 saturated heterocycles. The largest absolute Gasteiger partial charge is 0.521 e. The smallest absolute Gasteiger partial charge is 0.481 e. The molecule has 2 N–H and O–H groups in total. The van der Waals surface area contributed by atoms with Crippen molar-refractivity contribution in [3.63, 3.8) is 0 Å². The van der Waals surface area contributed by atoms with Gasteiger partial charge in [0, 0.05) is 19.8 Å². The van der Waals surface area contributed by atoms with E-state index in [2.05, 4.69) is 32.7 Å². The van der Waals surface area contributed by atoms with E-state index in [1.165, 1.54) is 0 Å². The summed E-state index contributed by atoms with van der Waals surface area (Å²) >= 11 is 0. The summed E-state index contributed by atoms with van der Waals surface area (Å²) in [4.78, 5) is 24.0. The molecular weight excluding hydrogens is 378 g/mol. The van der Waals surface area contributed by atoms with Crippen molar-refractivity contribution in [3.8, 4) is 0 Å². The Morgan fingerprint density at radius 3 is 1.93 bits per heavy atom. The number of hydrogen-bond acceptors (Lipinski definition) is 5. The van der Waals surface area contributed by atoms with Crippen molar-refractivity contribution in [1.82, 2.24) is 5.32 Å². The van der Waals surface area contributed by atoms with Crippen LogP contribution < -0.4 is 5.32 Å². The number of aliphatic carboxylic acids is 1. The van der Waals surface area contributed by atoms with Gasteiger partial charge >= 0.3 is 14.8 Å². The monoisotopic (exact) mass is 417 g/mol. The first-order valence-corrected chi connectivity index (χ1v) is 12.1. The third-order valence-corrected chi connectivity index (χ3v) is 7.38. The fraction of sp³-hybridized carbons (Fsp3) is 0.800. The first-order valence-electron chi connectivity index (χ1n) is 10.1. The molecule has 0 heterocycles. The zero-order valence-corrected chi connectivity index (χ0v) is 19.4. The normalized spacial score (nSPS) is 13.2. The fourth-order valence-corrected chi connectivity index (χ4v) is 5.23. The number of rotatable bonds is 16. The van der Waals surface area contributed by atoms with Crippen molar-refractivity contribution >= 4 is 20.7 Å². The Bertz CT molecular complexity index is 492. The Kier molecular flexibility index (Phi) is 12.5. The van der Waals surface area contributed by atoms with E-state index in [9.17, 15) is 14.7 Å². The van der Waals surface area contributed by atoms with E-state index in [1.807, 2.05) is 20.8 Å². The molecule has 0 bridgehead atoms. The van der Waals surface area contributed by atoms with E-state index in [0.717, 1.165) is 18.4 Å². The number of carboxylic acids is 1. The van der Waals surface area contributed by atoms with Gasteiger partial charge < -0.3 is 23.7 Å². The number of carboxylic acid groups (broad SMARTS) is 1. The van der Waals surface area contributed by atoms with Crippen LogP contribution in [0.15, 0.2) is 12.2 Å². The van der Waals surface area contributed by atoms with Gasteiger partial charge in [0.05, 0.1) is 18.5 Å². The molecule has 0 aliphatic heterocycles. The Morgan fingerprint density at radius 1 is 1.04 bits per heavy atom. The van der Waals surface area contributed by atoms with Gasteiger partial charge in [-0.05, 0) is 39.0 Å². The van der Waals surface area contributed by atoms with Gasteiger partial charge in [-0.15, -0.1) is 0 Å². The molecular formula is C20H39NO6Si. The Balaban J connectivity index is 5.13. The van der Waals surface area contributed by atoms with E-state index in [4.69, 9.17) is 13.3 Å². The Hall–Kier alpha value is -1.22. The molecule has 0 aromatic heterocycles. The van der Waals surface area contributed by atoms with Gasteiger partial charge in [0.15, 0.2) is 0 Å². The van der Waals surface area contributed by atoms with Gasteiger partial charge in [-0.3, -0.25) is 9.59 Å². The van der Waals surface area contributed by atoms with Gasteiger partial charge in [0.2, 0.25) is 5.91 Å². The van der Waals surface area contributed by atoms with Crippen molar-refractivity contribution in [2.75, 3.05) is 26.0 Å². The van der Waals surface area contributed by atoms with Gasteiger partial charge in [0.1, 0.15) is 0 Å². The number of allylic oxidation sites excluding steroid dienone is 1. The quantitative estimate of drug-likeness (QED) is 0.295. The number of carbonyl (C=O) groups excluding carboxylic acids is 1. The van der Waals surface area contributed by atoms with Crippen molar-refractivity contribution in [3.05, 3.63) is 12.2 Å².